The topological polar surface area (TPSA) is 64.0 Å². The Hall–Kier alpha value is -3.09. The van der Waals surface area contributed by atoms with Gasteiger partial charge in [-0.1, -0.05) is 47.6 Å². The third-order valence-corrected chi connectivity index (χ3v) is 5.58. The van der Waals surface area contributed by atoms with Crippen LogP contribution < -0.4 is 10.9 Å². The van der Waals surface area contributed by atoms with Crippen molar-refractivity contribution in [1.29, 1.82) is 0 Å². The number of aromatic nitrogens is 2. The lowest BCUT2D eigenvalue weighted by Crippen LogP contribution is -2.28. The van der Waals surface area contributed by atoms with E-state index in [0.717, 1.165) is 9.79 Å². The van der Waals surface area contributed by atoms with Crippen LogP contribution in [0.4, 0.5) is 5.69 Å². The SMILES string of the molecule is O=C(Cn1cnc2ccccc2c1=O)Nc1ccccc1Sc1ccc(Cl)cc1. The standard InChI is InChI=1S/C22H16ClN3O2S/c23-15-9-11-16(12-10-15)29-20-8-4-3-7-19(20)25-21(27)13-26-14-24-18-6-2-1-5-17(18)22(26)28/h1-12,14H,13H2,(H,25,27). The van der Waals surface area contributed by atoms with Gasteiger partial charge in [-0.25, -0.2) is 4.98 Å². The molecule has 0 spiro atoms. The molecule has 29 heavy (non-hydrogen) atoms. The van der Waals surface area contributed by atoms with E-state index in [0.29, 0.717) is 21.6 Å². The predicted molar refractivity (Wildman–Crippen MR) is 117 cm³/mol. The number of para-hydroxylation sites is 2. The fourth-order valence-electron chi connectivity index (χ4n) is 2.85. The summed E-state index contributed by atoms with van der Waals surface area (Å²) in [6.45, 7) is -0.114. The summed E-state index contributed by atoms with van der Waals surface area (Å²) in [5.41, 5.74) is 1.05. The van der Waals surface area contributed by atoms with Crippen LogP contribution in [0.2, 0.25) is 5.02 Å². The highest BCUT2D eigenvalue weighted by molar-refractivity contribution is 7.99. The van der Waals surface area contributed by atoms with Crippen LogP contribution >= 0.6 is 23.4 Å². The lowest BCUT2D eigenvalue weighted by molar-refractivity contribution is -0.116. The summed E-state index contributed by atoms with van der Waals surface area (Å²) in [6, 6.07) is 22.1. The Morgan fingerprint density at radius 1 is 1.00 bits per heavy atom. The van der Waals surface area contributed by atoms with Gasteiger partial charge in [0.2, 0.25) is 5.91 Å². The second-order valence-electron chi connectivity index (χ2n) is 6.30. The summed E-state index contributed by atoms with van der Waals surface area (Å²) < 4.78 is 1.31. The van der Waals surface area contributed by atoms with E-state index in [-0.39, 0.29) is 18.0 Å². The third-order valence-electron chi connectivity index (χ3n) is 4.25. The van der Waals surface area contributed by atoms with Gasteiger partial charge in [-0.15, -0.1) is 0 Å². The number of rotatable bonds is 5. The van der Waals surface area contributed by atoms with Gasteiger partial charge >= 0.3 is 0 Å². The number of carbonyl (C=O) groups excluding carboxylic acids is 1. The van der Waals surface area contributed by atoms with E-state index in [1.807, 2.05) is 54.6 Å². The minimum atomic E-state index is -0.298. The molecule has 3 aromatic carbocycles. The number of fused-ring (bicyclic) bond motifs is 1. The lowest BCUT2D eigenvalue weighted by atomic mass is 10.2. The average Bonchev–Trinajstić information content (AvgIpc) is 2.73. The van der Waals surface area contributed by atoms with Crippen LogP contribution in [0.25, 0.3) is 10.9 Å². The average molecular weight is 422 g/mol. The fourth-order valence-corrected chi connectivity index (χ4v) is 3.88. The quantitative estimate of drug-likeness (QED) is 0.500. The van der Waals surface area contributed by atoms with Crippen molar-refractivity contribution in [3.05, 3.63) is 94.5 Å². The maximum Gasteiger partial charge on any atom is 0.261 e. The minimum absolute atomic E-state index is 0.114. The molecule has 0 saturated heterocycles. The van der Waals surface area contributed by atoms with Gasteiger partial charge in [0.1, 0.15) is 6.54 Å². The first-order valence-electron chi connectivity index (χ1n) is 8.86. The van der Waals surface area contributed by atoms with Crippen molar-refractivity contribution >= 4 is 45.9 Å². The van der Waals surface area contributed by atoms with Crippen LogP contribution in [0.5, 0.6) is 0 Å². The molecule has 4 aromatic rings. The van der Waals surface area contributed by atoms with Gasteiger partial charge in [0.05, 0.1) is 22.9 Å². The van der Waals surface area contributed by atoms with Crippen molar-refractivity contribution < 1.29 is 4.79 Å². The molecule has 0 bridgehead atoms. The smallest absolute Gasteiger partial charge is 0.261 e. The molecule has 1 heterocycles. The maximum absolute atomic E-state index is 12.6. The summed E-state index contributed by atoms with van der Waals surface area (Å²) in [4.78, 5) is 31.3. The Kier molecular flexibility index (Phi) is 5.64. The molecule has 1 amide bonds. The van der Waals surface area contributed by atoms with Gasteiger partial charge in [-0.2, -0.15) is 0 Å². The Labute approximate surface area is 176 Å². The van der Waals surface area contributed by atoms with Crippen molar-refractivity contribution in [1.82, 2.24) is 9.55 Å². The van der Waals surface area contributed by atoms with E-state index in [1.165, 1.54) is 22.7 Å². The van der Waals surface area contributed by atoms with Gasteiger partial charge in [0, 0.05) is 14.8 Å². The number of nitrogens with zero attached hydrogens (tertiary/aromatic N) is 2. The van der Waals surface area contributed by atoms with Crippen molar-refractivity contribution in [3.8, 4) is 0 Å². The number of anilines is 1. The summed E-state index contributed by atoms with van der Waals surface area (Å²) in [7, 11) is 0. The molecule has 4 rings (SSSR count). The van der Waals surface area contributed by atoms with Gasteiger partial charge < -0.3 is 5.32 Å². The van der Waals surface area contributed by atoms with Crippen LogP contribution in [0.1, 0.15) is 0 Å². The molecule has 1 aromatic heterocycles. The first-order valence-corrected chi connectivity index (χ1v) is 10.1. The van der Waals surface area contributed by atoms with Gasteiger partial charge in [-0.3, -0.25) is 14.2 Å². The van der Waals surface area contributed by atoms with Gasteiger partial charge in [0.15, 0.2) is 0 Å². The second-order valence-corrected chi connectivity index (χ2v) is 7.85. The van der Waals surface area contributed by atoms with E-state index in [2.05, 4.69) is 10.3 Å². The number of halogens is 1. The van der Waals surface area contributed by atoms with E-state index in [4.69, 9.17) is 11.6 Å². The lowest BCUT2D eigenvalue weighted by Gasteiger charge is -2.12. The number of amides is 1. The Morgan fingerprint density at radius 3 is 2.55 bits per heavy atom. The molecule has 0 aliphatic carbocycles. The molecule has 144 valence electrons. The molecule has 0 radical (unpaired) electrons. The molecular formula is C22H16ClN3O2S. The van der Waals surface area contributed by atoms with E-state index in [1.54, 1.807) is 18.2 Å². The van der Waals surface area contributed by atoms with Crippen molar-refractivity contribution in [2.45, 2.75) is 16.3 Å². The zero-order valence-electron chi connectivity index (χ0n) is 15.2. The number of carbonyl (C=O) groups is 1. The number of hydrogen-bond donors (Lipinski definition) is 1. The summed E-state index contributed by atoms with van der Waals surface area (Å²) in [5, 5.41) is 4.05. The highest BCUT2D eigenvalue weighted by Gasteiger charge is 2.11. The highest BCUT2D eigenvalue weighted by Crippen LogP contribution is 2.33. The monoisotopic (exact) mass is 421 g/mol. The molecule has 0 unspecified atom stereocenters. The number of hydrogen-bond acceptors (Lipinski definition) is 4. The predicted octanol–water partition coefficient (Wildman–Crippen LogP) is 4.84. The van der Waals surface area contributed by atoms with Gasteiger partial charge in [-0.05, 0) is 48.5 Å². The van der Waals surface area contributed by atoms with Crippen LogP contribution in [0.15, 0.2) is 93.7 Å². The zero-order valence-corrected chi connectivity index (χ0v) is 16.8. The molecule has 0 atom stereocenters. The van der Waals surface area contributed by atoms with Crippen LogP contribution in [0, 0.1) is 0 Å². The number of nitrogens with one attached hydrogen (secondary N) is 1. The summed E-state index contributed by atoms with van der Waals surface area (Å²) in [5.74, 6) is -0.298. The zero-order chi connectivity index (χ0) is 20.2. The van der Waals surface area contributed by atoms with E-state index < -0.39 is 0 Å². The van der Waals surface area contributed by atoms with Crippen molar-refractivity contribution in [2.24, 2.45) is 0 Å². The number of benzene rings is 3. The third kappa shape index (κ3) is 4.50. The summed E-state index contributed by atoms with van der Waals surface area (Å²) >= 11 is 7.46. The van der Waals surface area contributed by atoms with Crippen LogP contribution in [-0.2, 0) is 11.3 Å². The molecule has 1 N–H and O–H groups in total. The molecule has 0 saturated carbocycles. The first-order chi connectivity index (χ1) is 14.1. The Bertz CT molecular complexity index is 1240. The van der Waals surface area contributed by atoms with Gasteiger partial charge in [0.25, 0.3) is 5.56 Å². The van der Waals surface area contributed by atoms with Crippen molar-refractivity contribution in [3.63, 3.8) is 0 Å². The molecular weight excluding hydrogens is 406 g/mol. The Morgan fingerprint density at radius 2 is 1.72 bits per heavy atom. The normalized spacial score (nSPS) is 10.8. The van der Waals surface area contributed by atoms with E-state index >= 15 is 0 Å². The fraction of sp³-hybridized carbons (Fsp3) is 0.0455. The maximum atomic E-state index is 12.6. The van der Waals surface area contributed by atoms with Crippen LogP contribution in [0.3, 0.4) is 0 Å². The largest absolute Gasteiger partial charge is 0.323 e. The Balaban J connectivity index is 1.53. The van der Waals surface area contributed by atoms with Crippen molar-refractivity contribution in [2.75, 3.05) is 5.32 Å². The second kappa shape index (κ2) is 8.51. The molecule has 5 nitrogen and oxygen atoms in total. The summed E-state index contributed by atoms with van der Waals surface area (Å²) in [6.07, 6.45) is 1.40. The molecule has 7 heteroatoms. The van der Waals surface area contributed by atoms with E-state index in [9.17, 15) is 9.59 Å². The minimum Gasteiger partial charge on any atom is -0.323 e. The molecule has 0 fully saturated rings. The van der Waals surface area contributed by atoms with Crippen LogP contribution in [-0.4, -0.2) is 15.5 Å². The molecule has 0 aliphatic rings. The first kappa shape index (κ1) is 19.2. The highest BCUT2D eigenvalue weighted by atomic mass is 35.5. The molecule has 0 aliphatic heterocycles.